The third-order valence-electron chi connectivity index (χ3n) is 7.90. The number of hydrogen-bond donors (Lipinski definition) is 1. The fraction of sp³-hybridized carbons (Fsp3) is 0.538. The number of hydrogen-bond acceptors (Lipinski definition) is 7. The first kappa shape index (κ1) is 23.5. The van der Waals surface area contributed by atoms with Gasteiger partial charge in [-0.25, -0.2) is 9.37 Å². The minimum atomic E-state index is -1.89. The van der Waals surface area contributed by atoms with Crippen molar-refractivity contribution in [2.75, 3.05) is 37.6 Å². The Morgan fingerprint density at radius 3 is 2.51 bits per heavy atom. The molecule has 1 unspecified atom stereocenters. The van der Waals surface area contributed by atoms with Gasteiger partial charge in [0.15, 0.2) is 5.67 Å². The molecule has 4 aliphatic heterocycles. The highest BCUT2D eigenvalue weighted by Crippen LogP contribution is 2.37. The van der Waals surface area contributed by atoms with Gasteiger partial charge in [-0.1, -0.05) is 0 Å². The molecule has 1 N–H and O–H groups in total. The molecule has 4 saturated heterocycles. The Morgan fingerprint density at radius 1 is 1.11 bits per heavy atom. The number of nitrogens with one attached hydrogen (secondary N) is 1. The molecule has 6 rings (SSSR count). The number of carbonyl (C=O) groups excluding carboxylic acids is 1. The summed E-state index contributed by atoms with van der Waals surface area (Å²) >= 11 is 0. The van der Waals surface area contributed by atoms with Crippen molar-refractivity contribution in [3.05, 3.63) is 42.1 Å². The first-order chi connectivity index (χ1) is 16.9. The zero-order chi connectivity index (χ0) is 24.5. The molecule has 2 bridgehead atoms. The van der Waals surface area contributed by atoms with Crippen LogP contribution in [0.4, 0.5) is 10.3 Å². The van der Waals surface area contributed by atoms with Crippen LogP contribution in [0.5, 0.6) is 11.6 Å². The van der Waals surface area contributed by atoms with Crippen molar-refractivity contribution in [3.63, 3.8) is 0 Å². The molecular weight excluding hydrogens is 447 g/mol. The number of alkyl halides is 1. The van der Waals surface area contributed by atoms with E-state index < -0.39 is 11.6 Å². The van der Waals surface area contributed by atoms with Crippen LogP contribution in [0.2, 0.25) is 0 Å². The maximum atomic E-state index is 15.8. The Labute approximate surface area is 205 Å². The number of benzene rings is 1. The van der Waals surface area contributed by atoms with Crippen LogP contribution in [-0.2, 0) is 4.79 Å². The number of anilines is 1. The number of aromatic nitrogens is 2. The monoisotopic (exact) mass is 478 g/mol. The Bertz CT molecular complexity index is 1100. The van der Waals surface area contributed by atoms with Crippen molar-refractivity contribution in [1.82, 2.24) is 20.2 Å². The summed E-state index contributed by atoms with van der Waals surface area (Å²) < 4.78 is 21.6. The molecule has 0 saturated carbocycles. The predicted octanol–water partition coefficient (Wildman–Crippen LogP) is 3.44. The molecule has 35 heavy (non-hydrogen) atoms. The van der Waals surface area contributed by atoms with Crippen molar-refractivity contribution in [1.29, 1.82) is 5.26 Å². The molecule has 2 aromatic rings. The third kappa shape index (κ3) is 4.94. The lowest BCUT2D eigenvalue weighted by Crippen LogP contribution is -2.59. The molecule has 0 radical (unpaired) electrons. The van der Waals surface area contributed by atoms with E-state index in [1.165, 1.54) is 0 Å². The van der Waals surface area contributed by atoms with E-state index in [-0.39, 0.29) is 18.4 Å². The molecule has 4 aliphatic rings. The Kier molecular flexibility index (Phi) is 6.32. The normalized spacial score (nSPS) is 27.5. The van der Waals surface area contributed by atoms with Crippen LogP contribution in [-0.4, -0.2) is 64.7 Å². The molecule has 1 aromatic heterocycles. The second-order valence-electron chi connectivity index (χ2n) is 10.1. The summed E-state index contributed by atoms with van der Waals surface area (Å²) in [5.74, 6) is 1.30. The third-order valence-corrected chi connectivity index (χ3v) is 7.90. The standard InChI is InChI=1S/C26H31FN6O2/c1-25(9-15-32-13-7-20(25)8-14-32)31-23(34)26(27)10-16-33(17-11-26)24-29-12-6-22(30-24)35-21-4-2-19(18-28)3-5-21/h2-6,12,20H,7-11,13-17H2,1H3,(H,31,34). The van der Waals surface area contributed by atoms with Gasteiger partial charge in [-0.2, -0.15) is 10.2 Å². The Balaban J connectivity index is 1.20. The Hall–Kier alpha value is -3.25. The van der Waals surface area contributed by atoms with Gasteiger partial charge >= 0.3 is 0 Å². The number of carbonyl (C=O) groups is 1. The first-order valence-corrected chi connectivity index (χ1v) is 12.4. The summed E-state index contributed by atoms with van der Waals surface area (Å²) in [6.45, 7) is 5.88. The smallest absolute Gasteiger partial charge is 0.258 e. The fourth-order valence-corrected chi connectivity index (χ4v) is 5.47. The number of nitriles is 1. The van der Waals surface area contributed by atoms with Crippen LogP contribution in [0, 0.1) is 17.2 Å². The predicted molar refractivity (Wildman–Crippen MR) is 129 cm³/mol. The highest BCUT2D eigenvalue weighted by Gasteiger charge is 2.47. The van der Waals surface area contributed by atoms with E-state index in [2.05, 4.69) is 33.2 Å². The molecule has 4 fully saturated rings. The molecule has 0 aliphatic carbocycles. The summed E-state index contributed by atoms with van der Waals surface area (Å²) in [7, 11) is 0. The Morgan fingerprint density at radius 2 is 1.83 bits per heavy atom. The molecule has 5 heterocycles. The fourth-order valence-electron chi connectivity index (χ4n) is 5.47. The van der Waals surface area contributed by atoms with Crippen molar-refractivity contribution in [2.45, 2.75) is 50.2 Å². The maximum Gasteiger partial charge on any atom is 0.258 e. The van der Waals surface area contributed by atoms with E-state index in [0.29, 0.717) is 42.1 Å². The van der Waals surface area contributed by atoms with Crippen LogP contribution < -0.4 is 15.0 Å². The van der Waals surface area contributed by atoms with Crippen LogP contribution in [0.25, 0.3) is 0 Å². The first-order valence-electron chi connectivity index (χ1n) is 12.4. The van der Waals surface area contributed by atoms with Crippen LogP contribution in [0.3, 0.4) is 0 Å². The minimum Gasteiger partial charge on any atom is -0.439 e. The highest BCUT2D eigenvalue weighted by atomic mass is 19.1. The van der Waals surface area contributed by atoms with Crippen LogP contribution in [0.1, 0.15) is 44.6 Å². The van der Waals surface area contributed by atoms with E-state index in [1.807, 2.05) is 4.90 Å². The average molecular weight is 479 g/mol. The van der Waals surface area contributed by atoms with E-state index in [1.54, 1.807) is 36.5 Å². The van der Waals surface area contributed by atoms with Gasteiger partial charge in [0.1, 0.15) is 5.75 Å². The van der Waals surface area contributed by atoms with Gasteiger partial charge in [0.25, 0.3) is 5.91 Å². The lowest BCUT2D eigenvalue weighted by molar-refractivity contribution is -0.137. The lowest BCUT2D eigenvalue weighted by atomic mass is 9.78. The van der Waals surface area contributed by atoms with Gasteiger partial charge in [0, 0.05) is 50.3 Å². The molecule has 1 atom stereocenters. The summed E-state index contributed by atoms with van der Waals surface area (Å²) in [5, 5.41) is 12.1. The quantitative estimate of drug-likeness (QED) is 0.704. The maximum absolute atomic E-state index is 15.8. The lowest BCUT2D eigenvalue weighted by Gasteiger charge is -2.41. The van der Waals surface area contributed by atoms with Crippen molar-refractivity contribution in [3.8, 4) is 17.7 Å². The van der Waals surface area contributed by atoms with Crippen molar-refractivity contribution >= 4 is 11.9 Å². The van der Waals surface area contributed by atoms with Gasteiger partial charge in [0.05, 0.1) is 11.6 Å². The summed E-state index contributed by atoms with van der Waals surface area (Å²) in [5.41, 5.74) is -1.69. The molecule has 1 aromatic carbocycles. The number of fused-ring (bicyclic) bond motifs is 4. The highest BCUT2D eigenvalue weighted by molar-refractivity contribution is 5.86. The zero-order valence-corrected chi connectivity index (χ0v) is 20.0. The SMILES string of the molecule is CC1(NC(=O)C2(F)CCN(c3nccc(Oc4ccc(C#N)cc4)n3)CC2)CCN2CCC1CC2. The summed E-state index contributed by atoms with van der Waals surface area (Å²) in [6, 6.07) is 10.5. The number of rotatable bonds is 5. The van der Waals surface area contributed by atoms with E-state index in [0.717, 1.165) is 38.9 Å². The van der Waals surface area contributed by atoms with Crippen molar-refractivity contribution < 1.29 is 13.9 Å². The van der Waals surface area contributed by atoms with Gasteiger partial charge < -0.3 is 19.9 Å². The number of amides is 1. The van der Waals surface area contributed by atoms with Gasteiger partial charge in [-0.05, 0) is 69.5 Å². The van der Waals surface area contributed by atoms with Gasteiger partial charge in [0.2, 0.25) is 11.8 Å². The molecular formula is C26H31FN6O2. The largest absolute Gasteiger partial charge is 0.439 e. The molecule has 8 nitrogen and oxygen atoms in total. The van der Waals surface area contributed by atoms with E-state index >= 15 is 4.39 Å². The van der Waals surface area contributed by atoms with E-state index in [4.69, 9.17) is 10.00 Å². The van der Waals surface area contributed by atoms with Crippen LogP contribution >= 0.6 is 0 Å². The zero-order valence-electron chi connectivity index (χ0n) is 20.0. The van der Waals surface area contributed by atoms with Crippen molar-refractivity contribution in [2.24, 2.45) is 5.92 Å². The topological polar surface area (TPSA) is 94.4 Å². The molecule has 1 amide bonds. The minimum absolute atomic E-state index is 0.0930. The number of piperidine rings is 2. The van der Waals surface area contributed by atoms with Gasteiger partial charge in [-0.3, -0.25) is 4.79 Å². The summed E-state index contributed by atoms with van der Waals surface area (Å²) in [4.78, 5) is 26.3. The summed E-state index contributed by atoms with van der Waals surface area (Å²) in [6.07, 6.45) is 4.77. The number of halogens is 1. The molecule has 184 valence electrons. The molecule has 9 heteroatoms. The van der Waals surface area contributed by atoms with E-state index in [9.17, 15) is 4.79 Å². The van der Waals surface area contributed by atoms with Crippen LogP contribution in [0.15, 0.2) is 36.5 Å². The average Bonchev–Trinajstić information content (AvgIpc) is 3.13. The second-order valence-corrected chi connectivity index (χ2v) is 10.1. The number of nitrogens with zero attached hydrogens (tertiary/aromatic N) is 5. The molecule has 0 spiro atoms. The van der Waals surface area contributed by atoms with Gasteiger partial charge in [-0.15, -0.1) is 0 Å². The number of ether oxygens (including phenoxy) is 1. The second kappa shape index (κ2) is 9.42.